The molecule has 1 N–H and O–H groups in total. The fourth-order valence-electron chi connectivity index (χ4n) is 1.42. The molecule has 1 rings (SSSR count). The lowest BCUT2D eigenvalue weighted by Gasteiger charge is -2.08. The van der Waals surface area contributed by atoms with Gasteiger partial charge in [0.05, 0.1) is 6.10 Å². The molecule has 1 heterocycles. The highest BCUT2D eigenvalue weighted by atomic mass is 16.3. The van der Waals surface area contributed by atoms with Gasteiger partial charge in [0.1, 0.15) is 11.5 Å². The van der Waals surface area contributed by atoms with Gasteiger partial charge in [0.2, 0.25) is 0 Å². The van der Waals surface area contributed by atoms with Crippen molar-refractivity contribution < 1.29 is 9.52 Å². The highest BCUT2D eigenvalue weighted by Crippen LogP contribution is 2.25. The van der Waals surface area contributed by atoms with Gasteiger partial charge in [-0.3, -0.25) is 0 Å². The minimum absolute atomic E-state index is 0.477. The van der Waals surface area contributed by atoms with Crippen LogP contribution in [0.3, 0.4) is 0 Å². The maximum Gasteiger partial charge on any atom is 0.106 e. The minimum atomic E-state index is -0.477. The van der Waals surface area contributed by atoms with Gasteiger partial charge in [0.25, 0.3) is 0 Å². The number of hydrogen-bond donors (Lipinski definition) is 1. The Morgan fingerprint density at radius 1 is 1.62 bits per heavy atom. The lowest BCUT2D eigenvalue weighted by molar-refractivity contribution is 0.176. The van der Waals surface area contributed by atoms with E-state index in [2.05, 4.69) is 6.58 Å². The molecule has 0 aliphatic heterocycles. The van der Waals surface area contributed by atoms with E-state index in [4.69, 9.17) is 4.42 Å². The van der Waals surface area contributed by atoms with Crippen molar-refractivity contribution in [1.82, 2.24) is 0 Å². The van der Waals surface area contributed by atoms with Crippen LogP contribution >= 0.6 is 0 Å². The van der Waals surface area contributed by atoms with Crippen LogP contribution in [0.25, 0.3) is 0 Å². The van der Waals surface area contributed by atoms with Crippen LogP contribution in [0.1, 0.15) is 36.5 Å². The molecule has 0 radical (unpaired) electrons. The molecule has 0 amide bonds. The Kier molecular flexibility index (Phi) is 2.94. The predicted molar refractivity (Wildman–Crippen MR) is 52.6 cm³/mol. The Morgan fingerprint density at radius 2 is 2.23 bits per heavy atom. The van der Waals surface area contributed by atoms with Crippen molar-refractivity contribution in [3.05, 3.63) is 35.3 Å². The maximum absolute atomic E-state index is 9.76. The summed E-state index contributed by atoms with van der Waals surface area (Å²) in [5, 5.41) is 9.76. The highest BCUT2D eigenvalue weighted by Gasteiger charge is 2.13. The summed E-state index contributed by atoms with van der Waals surface area (Å²) < 4.78 is 5.33. The van der Waals surface area contributed by atoms with Gasteiger partial charge in [-0.1, -0.05) is 5.57 Å². The maximum atomic E-state index is 9.76. The Labute approximate surface area is 78.9 Å². The highest BCUT2D eigenvalue weighted by molar-refractivity contribution is 5.23. The second kappa shape index (κ2) is 3.79. The largest absolute Gasteiger partial charge is 0.466 e. The zero-order chi connectivity index (χ0) is 10.0. The van der Waals surface area contributed by atoms with Gasteiger partial charge in [-0.2, -0.15) is 0 Å². The van der Waals surface area contributed by atoms with Crippen molar-refractivity contribution in [2.24, 2.45) is 0 Å². The first-order valence-electron chi connectivity index (χ1n) is 4.40. The Balaban J connectivity index is 2.81. The monoisotopic (exact) mass is 180 g/mol. The van der Waals surface area contributed by atoms with E-state index in [-0.39, 0.29) is 0 Å². The molecule has 1 aromatic heterocycles. The van der Waals surface area contributed by atoms with Crippen LogP contribution < -0.4 is 0 Å². The molecule has 1 atom stereocenters. The van der Waals surface area contributed by atoms with E-state index in [1.54, 1.807) is 0 Å². The Bertz CT molecular complexity index is 310. The second-order valence-corrected chi connectivity index (χ2v) is 3.55. The van der Waals surface area contributed by atoms with E-state index in [1.165, 1.54) is 0 Å². The first-order chi connectivity index (χ1) is 6.00. The average Bonchev–Trinajstić information content (AvgIpc) is 2.28. The van der Waals surface area contributed by atoms with Crippen molar-refractivity contribution in [3.63, 3.8) is 0 Å². The van der Waals surface area contributed by atoms with Crippen LogP contribution in [0.5, 0.6) is 0 Å². The molecule has 1 aromatic rings. The van der Waals surface area contributed by atoms with E-state index in [9.17, 15) is 5.11 Å². The summed E-state index contributed by atoms with van der Waals surface area (Å²) >= 11 is 0. The van der Waals surface area contributed by atoms with Crippen molar-refractivity contribution in [2.45, 2.75) is 33.3 Å². The van der Waals surface area contributed by atoms with E-state index >= 15 is 0 Å². The van der Waals surface area contributed by atoms with Gasteiger partial charge in [-0.05, 0) is 33.3 Å². The Morgan fingerprint density at radius 3 is 2.62 bits per heavy atom. The van der Waals surface area contributed by atoms with E-state index in [0.717, 1.165) is 22.7 Å². The Hall–Kier alpha value is -1.02. The van der Waals surface area contributed by atoms with Crippen molar-refractivity contribution in [3.8, 4) is 0 Å². The lowest BCUT2D eigenvalue weighted by atomic mass is 10.0. The summed E-state index contributed by atoms with van der Waals surface area (Å²) in [6.07, 6.45) is 0.120. The molecular weight excluding hydrogens is 164 g/mol. The smallest absolute Gasteiger partial charge is 0.106 e. The number of hydrogen-bond acceptors (Lipinski definition) is 2. The van der Waals surface area contributed by atoms with Gasteiger partial charge < -0.3 is 9.52 Å². The summed E-state index contributed by atoms with van der Waals surface area (Å²) in [5.41, 5.74) is 1.85. The van der Waals surface area contributed by atoms with Crippen LogP contribution in [0.15, 0.2) is 22.6 Å². The van der Waals surface area contributed by atoms with Crippen molar-refractivity contribution >= 4 is 0 Å². The normalized spacial score (nSPS) is 12.9. The first-order valence-corrected chi connectivity index (χ1v) is 4.40. The van der Waals surface area contributed by atoms with Crippen molar-refractivity contribution in [1.29, 1.82) is 0 Å². The zero-order valence-corrected chi connectivity index (χ0v) is 8.42. The fourth-order valence-corrected chi connectivity index (χ4v) is 1.42. The molecule has 0 saturated heterocycles. The summed E-state index contributed by atoms with van der Waals surface area (Å²) in [4.78, 5) is 0. The van der Waals surface area contributed by atoms with Gasteiger partial charge >= 0.3 is 0 Å². The molecule has 0 aliphatic rings. The van der Waals surface area contributed by atoms with Crippen LogP contribution in [-0.2, 0) is 0 Å². The number of aryl methyl sites for hydroxylation is 2. The average molecular weight is 180 g/mol. The van der Waals surface area contributed by atoms with Crippen molar-refractivity contribution in [2.75, 3.05) is 0 Å². The first kappa shape index (κ1) is 10.1. The van der Waals surface area contributed by atoms with Crippen LogP contribution in [0.2, 0.25) is 0 Å². The number of furan rings is 1. The quantitative estimate of drug-likeness (QED) is 0.725. The molecule has 0 spiro atoms. The molecule has 13 heavy (non-hydrogen) atoms. The lowest BCUT2D eigenvalue weighted by Crippen LogP contribution is -1.97. The molecule has 2 nitrogen and oxygen atoms in total. The molecular formula is C11H16O2. The summed E-state index contributed by atoms with van der Waals surface area (Å²) in [6, 6.07) is 1.88. The van der Waals surface area contributed by atoms with Gasteiger partial charge in [-0.15, -0.1) is 6.58 Å². The standard InChI is InChI=1S/C11H16O2/c1-7(2)5-11(12)10-6-8(3)13-9(10)4/h6,11-12H,1,5H2,2-4H3. The summed E-state index contributed by atoms with van der Waals surface area (Å²) in [6.45, 7) is 9.42. The molecule has 72 valence electrons. The number of aliphatic hydroxyl groups is 1. The molecule has 0 aliphatic carbocycles. The fraction of sp³-hybridized carbons (Fsp3) is 0.455. The third-order valence-electron chi connectivity index (χ3n) is 1.98. The van der Waals surface area contributed by atoms with E-state index < -0.39 is 6.10 Å². The molecule has 0 saturated carbocycles. The third kappa shape index (κ3) is 2.46. The molecule has 0 aromatic carbocycles. The predicted octanol–water partition coefficient (Wildman–Crippen LogP) is 2.90. The van der Waals surface area contributed by atoms with E-state index in [1.807, 2.05) is 26.8 Å². The summed E-state index contributed by atoms with van der Waals surface area (Å²) in [7, 11) is 0. The zero-order valence-electron chi connectivity index (χ0n) is 8.42. The molecule has 0 fully saturated rings. The number of rotatable bonds is 3. The van der Waals surface area contributed by atoms with Gasteiger partial charge in [0, 0.05) is 5.56 Å². The molecule has 2 heteroatoms. The SMILES string of the molecule is C=C(C)CC(O)c1cc(C)oc1C. The van der Waals surface area contributed by atoms with Crippen LogP contribution in [0, 0.1) is 13.8 Å². The minimum Gasteiger partial charge on any atom is -0.466 e. The van der Waals surface area contributed by atoms with Crippen LogP contribution in [0.4, 0.5) is 0 Å². The molecule has 0 bridgehead atoms. The number of aliphatic hydroxyl groups excluding tert-OH is 1. The molecule has 1 unspecified atom stereocenters. The van der Waals surface area contributed by atoms with Crippen LogP contribution in [-0.4, -0.2) is 5.11 Å². The topological polar surface area (TPSA) is 33.4 Å². The third-order valence-corrected chi connectivity index (χ3v) is 1.98. The second-order valence-electron chi connectivity index (χ2n) is 3.55. The van der Waals surface area contributed by atoms with Gasteiger partial charge in [-0.25, -0.2) is 0 Å². The summed E-state index contributed by atoms with van der Waals surface area (Å²) in [5.74, 6) is 1.64. The van der Waals surface area contributed by atoms with Gasteiger partial charge in [0.15, 0.2) is 0 Å². The van der Waals surface area contributed by atoms with E-state index in [0.29, 0.717) is 6.42 Å².